The minimum Gasteiger partial charge on any atom is -0.493 e. The van der Waals surface area contributed by atoms with Gasteiger partial charge in [-0.3, -0.25) is 4.68 Å². The quantitative estimate of drug-likeness (QED) is 0.655. The van der Waals surface area contributed by atoms with Gasteiger partial charge in [0.2, 0.25) is 5.82 Å². The van der Waals surface area contributed by atoms with E-state index in [1.807, 2.05) is 36.1 Å². The van der Waals surface area contributed by atoms with Crippen molar-refractivity contribution in [1.82, 2.24) is 19.9 Å². The van der Waals surface area contributed by atoms with Crippen molar-refractivity contribution in [2.24, 2.45) is 7.05 Å². The van der Waals surface area contributed by atoms with Crippen molar-refractivity contribution in [2.75, 3.05) is 19.1 Å². The number of ether oxygens (including phenoxy) is 2. The van der Waals surface area contributed by atoms with Crippen LogP contribution in [0.15, 0.2) is 35.0 Å². The van der Waals surface area contributed by atoms with E-state index in [9.17, 15) is 0 Å². The van der Waals surface area contributed by atoms with Crippen molar-refractivity contribution in [3.8, 4) is 22.9 Å². The molecule has 0 aliphatic carbocycles. The average Bonchev–Trinajstić information content (AvgIpc) is 3.45. The third-order valence-corrected chi connectivity index (χ3v) is 6.29. The highest BCUT2D eigenvalue weighted by atomic mass is 16.5. The number of anilines is 1. The molecule has 0 N–H and O–H groups in total. The molecule has 2 atom stereocenters. The van der Waals surface area contributed by atoms with Crippen LogP contribution in [0.2, 0.25) is 0 Å². The van der Waals surface area contributed by atoms with Crippen molar-refractivity contribution < 1.29 is 14.0 Å². The molecular weight excluding hydrogens is 370 g/mol. The number of fused-ring (bicyclic) bond motifs is 2. The van der Waals surface area contributed by atoms with Crippen LogP contribution in [0.5, 0.6) is 11.5 Å². The van der Waals surface area contributed by atoms with Crippen LogP contribution < -0.4 is 14.4 Å². The SMILES string of the molecule is COc1ccc(-c2noc(N3C4CCC3CC(c3ccnn3C)C4)n2)cc1OC. The predicted octanol–water partition coefficient (Wildman–Crippen LogP) is 3.40. The minimum atomic E-state index is 0.423. The summed E-state index contributed by atoms with van der Waals surface area (Å²) < 4.78 is 18.4. The van der Waals surface area contributed by atoms with Crippen LogP contribution in [-0.4, -0.2) is 46.2 Å². The number of nitrogens with zero attached hydrogens (tertiary/aromatic N) is 5. The van der Waals surface area contributed by atoms with Gasteiger partial charge in [-0.2, -0.15) is 10.1 Å². The monoisotopic (exact) mass is 395 g/mol. The molecule has 3 aromatic rings. The second-order valence-electron chi connectivity index (χ2n) is 7.81. The Labute approximate surface area is 169 Å². The van der Waals surface area contributed by atoms with Crippen LogP contribution in [0.25, 0.3) is 11.4 Å². The number of piperidine rings is 1. The predicted molar refractivity (Wildman–Crippen MR) is 107 cm³/mol. The summed E-state index contributed by atoms with van der Waals surface area (Å²) >= 11 is 0. The van der Waals surface area contributed by atoms with Crippen molar-refractivity contribution >= 4 is 6.01 Å². The number of methoxy groups -OCH3 is 2. The molecule has 29 heavy (non-hydrogen) atoms. The van der Waals surface area contributed by atoms with E-state index in [-0.39, 0.29) is 0 Å². The fourth-order valence-corrected chi connectivity index (χ4v) is 4.93. The maximum Gasteiger partial charge on any atom is 0.324 e. The zero-order valence-electron chi connectivity index (χ0n) is 16.9. The Morgan fingerprint density at radius 2 is 1.79 bits per heavy atom. The summed E-state index contributed by atoms with van der Waals surface area (Å²) in [5.74, 6) is 2.42. The normalized spacial score (nSPS) is 23.4. The molecule has 152 valence electrons. The lowest BCUT2D eigenvalue weighted by Gasteiger charge is -2.37. The molecule has 5 rings (SSSR count). The van der Waals surface area contributed by atoms with Crippen molar-refractivity contribution in [2.45, 2.75) is 43.7 Å². The first kappa shape index (κ1) is 18.0. The molecule has 2 bridgehead atoms. The molecule has 2 fully saturated rings. The molecule has 4 heterocycles. The fourth-order valence-electron chi connectivity index (χ4n) is 4.93. The number of rotatable bonds is 5. The van der Waals surface area contributed by atoms with E-state index in [0.29, 0.717) is 41.3 Å². The molecule has 2 unspecified atom stereocenters. The lowest BCUT2D eigenvalue weighted by Crippen LogP contribution is -2.42. The molecule has 0 saturated carbocycles. The van der Waals surface area contributed by atoms with Gasteiger partial charge >= 0.3 is 6.01 Å². The van der Waals surface area contributed by atoms with Crippen molar-refractivity contribution in [3.63, 3.8) is 0 Å². The van der Waals surface area contributed by atoms with Crippen LogP contribution in [0, 0.1) is 0 Å². The van der Waals surface area contributed by atoms with Gasteiger partial charge in [0.1, 0.15) is 0 Å². The van der Waals surface area contributed by atoms with Gasteiger partial charge in [-0.05, 0) is 49.9 Å². The van der Waals surface area contributed by atoms with Crippen molar-refractivity contribution in [3.05, 3.63) is 36.2 Å². The highest BCUT2D eigenvalue weighted by Crippen LogP contribution is 2.45. The Bertz CT molecular complexity index is 999. The maximum absolute atomic E-state index is 5.69. The molecule has 2 aliphatic heterocycles. The number of hydrogen-bond acceptors (Lipinski definition) is 7. The number of aromatic nitrogens is 4. The Morgan fingerprint density at radius 1 is 1.03 bits per heavy atom. The summed E-state index contributed by atoms with van der Waals surface area (Å²) in [5.41, 5.74) is 2.16. The second-order valence-corrected chi connectivity index (χ2v) is 7.81. The van der Waals surface area contributed by atoms with Crippen LogP contribution in [0.1, 0.15) is 37.3 Å². The van der Waals surface area contributed by atoms with E-state index in [1.54, 1.807) is 14.2 Å². The Balaban J connectivity index is 1.38. The minimum absolute atomic E-state index is 0.423. The second kappa shape index (κ2) is 7.09. The molecule has 0 radical (unpaired) electrons. The number of benzene rings is 1. The highest BCUT2D eigenvalue weighted by Gasteiger charge is 2.44. The average molecular weight is 395 g/mol. The highest BCUT2D eigenvalue weighted by molar-refractivity contribution is 5.61. The summed E-state index contributed by atoms with van der Waals surface area (Å²) in [6.45, 7) is 0. The summed E-state index contributed by atoms with van der Waals surface area (Å²) in [4.78, 5) is 7.05. The topological polar surface area (TPSA) is 78.4 Å². The summed E-state index contributed by atoms with van der Waals surface area (Å²) in [6.07, 6.45) is 6.38. The molecule has 0 spiro atoms. The molecule has 2 aromatic heterocycles. The van der Waals surface area contributed by atoms with Crippen molar-refractivity contribution in [1.29, 1.82) is 0 Å². The lowest BCUT2D eigenvalue weighted by atomic mass is 9.88. The zero-order valence-corrected chi connectivity index (χ0v) is 16.9. The molecule has 1 aromatic carbocycles. The molecule has 2 saturated heterocycles. The van der Waals surface area contributed by atoms with Crippen LogP contribution in [0.4, 0.5) is 6.01 Å². The maximum atomic E-state index is 5.69. The molecular formula is C21H25N5O3. The molecule has 8 heteroatoms. The molecule has 8 nitrogen and oxygen atoms in total. The fraction of sp³-hybridized carbons (Fsp3) is 0.476. The third kappa shape index (κ3) is 3.03. The van der Waals surface area contributed by atoms with Gasteiger partial charge in [-0.15, -0.1) is 0 Å². The van der Waals surface area contributed by atoms with Gasteiger partial charge in [0.05, 0.1) is 14.2 Å². The van der Waals surface area contributed by atoms with E-state index in [0.717, 1.165) is 31.2 Å². The van der Waals surface area contributed by atoms with Gasteiger partial charge in [-0.1, -0.05) is 5.16 Å². The Morgan fingerprint density at radius 3 is 2.45 bits per heavy atom. The molecule has 0 amide bonds. The summed E-state index contributed by atoms with van der Waals surface area (Å²) in [7, 11) is 5.26. The number of aryl methyl sites for hydroxylation is 1. The van der Waals surface area contributed by atoms with E-state index >= 15 is 0 Å². The van der Waals surface area contributed by atoms with Gasteiger partial charge in [0, 0.05) is 42.5 Å². The van der Waals surface area contributed by atoms with E-state index in [2.05, 4.69) is 21.2 Å². The smallest absolute Gasteiger partial charge is 0.324 e. The van der Waals surface area contributed by atoms with E-state index in [4.69, 9.17) is 19.0 Å². The standard InChI is InChI=1S/C21H25N5O3/c1-25-17(8-9-22-25)14-10-15-5-6-16(11-14)26(15)21-23-20(24-29-21)13-4-7-18(27-2)19(12-13)28-3/h4,7-9,12,14-16H,5-6,10-11H2,1-3H3. The molecule has 2 aliphatic rings. The van der Waals surface area contributed by atoms with E-state index in [1.165, 1.54) is 5.69 Å². The first-order valence-corrected chi connectivity index (χ1v) is 10.00. The van der Waals surface area contributed by atoms with E-state index < -0.39 is 0 Å². The Kier molecular flexibility index (Phi) is 4.41. The van der Waals surface area contributed by atoms with Crippen LogP contribution in [-0.2, 0) is 7.05 Å². The third-order valence-electron chi connectivity index (χ3n) is 6.29. The van der Waals surface area contributed by atoms with Gasteiger partial charge in [-0.25, -0.2) is 0 Å². The summed E-state index contributed by atoms with van der Waals surface area (Å²) in [5, 5.41) is 8.58. The van der Waals surface area contributed by atoms with Gasteiger partial charge in [0.15, 0.2) is 11.5 Å². The first-order chi connectivity index (χ1) is 14.2. The van der Waals surface area contributed by atoms with Crippen LogP contribution in [0.3, 0.4) is 0 Å². The van der Waals surface area contributed by atoms with Gasteiger partial charge < -0.3 is 18.9 Å². The first-order valence-electron chi connectivity index (χ1n) is 10.00. The summed E-state index contributed by atoms with van der Waals surface area (Å²) in [6, 6.07) is 9.25. The van der Waals surface area contributed by atoms with Gasteiger partial charge in [0.25, 0.3) is 0 Å². The Hall–Kier alpha value is -3.03. The lowest BCUT2D eigenvalue weighted by molar-refractivity contribution is 0.348. The largest absolute Gasteiger partial charge is 0.493 e. The number of hydrogen-bond donors (Lipinski definition) is 0. The van der Waals surface area contributed by atoms with Crippen LogP contribution >= 0.6 is 0 Å². The zero-order chi connectivity index (χ0) is 20.0.